The van der Waals surface area contributed by atoms with E-state index in [4.69, 9.17) is 0 Å². The van der Waals surface area contributed by atoms with Crippen molar-refractivity contribution in [2.24, 2.45) is 5.92 Å². The van der Waals surface area contributed by atoms with Crippen molar-refractivity contribution in [2.45, 2.75) is 13.3 Å². The molecule has 108 valence electrons. The van der Waals surface area contributed by atoms with Gasteiger partial charge in [0.25, 0.3) is 0 Å². The molecule has 1 atom stereocenters. The predicted octanol–water partition coefficient (Wildman–Crippen LogP) is -1.12. The lowest BCUT2D eigenvalue weighted by Gasteiger charge is -2.29. The molecule has 0 aromatic heterocycles. The van der Waals surface area contributed by atoms with Gasteiger partial charge in [0, 0.05) is 39.3 Å². The minimum absolute atomic E-state index is 0.0516. The maximum absolute atomic E-state index is 12.1. The summed E-state index contributed by atoms with van der Waals surface area (Å²) >= 11 is 0. The Kier molecular flexibility index (Phi) is 5.15. The van der Waals surface area contributed by atoms with Gasteiger partial charge in [-0.15, -0.1) is 0 Å². The molecule has 2 amide bonds. The summed E-state index contributed by atoms with van der Waals surface area (Å²) in [6, 6.07) is 0. The van der Waals surface area contributed by atoms with Gasteiger partial charge in [-0.1, -0.05) is 0 Å². The summed E-state index contributed by atoms with van der Waals surface area (Å²) in [5.74, 6) is 0.369. The van der Waals surface area contributed by atoms with Gasteiger partial charge in [0.15, 0.2) is 0 Å². The number of amides is 2. The van der Waals surface area contributed by atoms with Crippen LogP contribution in [-0.4, -0.2) is 74.0 Å². The van der Waals surface area contributed by atoms with Crippen LogP contribution in [0.3, 0.4) is 0 Å². The van der Waals surface area contributed by atoms with Crippen LogP contribution in [0.15, 0.2) is 0 Å². The number of rotatable bonds is 4. The van der Waals surface area contributed by atoms with Crippen LogP contribution in [0.1, 0.15) is 13.3 Å². The van der Waals surface area contributed by atoms with E-state index in [0.717, 1.165) is 39.1 Å². The first kappa shape index (κ1) is 14.3. The van der Waals surface area contributed by atoms with Crippen LogP contribution < -0.4 is 10.6 Å². The Bertz CT molecular complexity index is 329. The van der Waals surface area contributed by atoms with Gasteiger partial charge < -0.3 is 15.5 Å². The van der Waals surface area contributed by atoms with E-state index in [-0.39, 0.29) is 17.7 Å². The summed E-state index contributed by atoms with van der Waals surface area (Å²) in [5, 5.41) is 6.09. The smallest absolute Gasteiger partial charge is 0.236 e. The molecule has 19 heavy (non-hydrogen) atoms. The molecule has 1 unspecified atom stereocenters. The largest absolute Gasteiger partial charge is 0.356 e. The van der Waals surface area contributed by atoms with E-state index in [0.29, 0.717) is 19.6 Å². The minimum atomic E-state index is 0.0516. The maximum Gasteiger partial charge on any atom is 0.236 e. The summed E-state index contributed by atoms with van der Waals surface area (Å²) in [5.41, 5.74) is 0. The monoisotopic (exact) mass is 268 g/mol. The minimum Gasteiger partial charge on any atom is -0.356 e. The number of piperazine rings is 1. The summed E-state index contributed by atoms with van der Waals surface area (Å²) in [6.07, 6.45) is 0.862. The molecule has 0 aromatic carbocycles. The summed E-state index contributed by atoms with van der Waals surface area (Å²) < 4.78 is 0. The second-order valence-electron chi connectivity index (χ2n) is 5.25. The van der Waals surface area contributed by atoms with Crippen molar-refractivity contribution >= 4 is 11.8 Å². The first-order chi connectivity index (χ1) is 9.20. The lowest BCUT2D eigenvalue weighted by molar-refractivity contribution is -0.133. The van der Waals surface area contributed by atoms with E-state index in [1.807, 2.05) is 11.8 Å². The number of nitrogens with one attached hydrogen (secondary N) is 2. The Labute approximate surface area is 114 Å². The Morgan fingerprint density at radius 1 is 1.26 bits per heavy atom. The zero-order valence-corrected chi connectivity index (χ0v) is 11.7. The fraction of sp³-hybridized carbons (Fsp3) is 0.846. The van der Waals surface area contributed by atoms with Crippen LogP contribution in [0, 0.1) is 5.92 Å². The molecule has 2 heterocycles. The normalized spacial score (nSPS) is 24.5. The van der Waals surface area contributed by atoms with E-state index in [1.165, 1.54) is 0 Å². The first-order valence-corrected chi connectivity index (χ1v) is 7.19. The van der Waals surface area contributed by atoms with Crippen molar-refractivity contribution in [3.63, 3.8) is 0 Å². The van der Waals surface area contributed by atoms with E-state index in [1.54, 1.807) is 0 Å². The van der Waals surface area contributed by atoms with Crippen LogP contribution >= 0.6 is 0 Å². The number of hydrogen-bond acceptors (Lipinski definition) is 4. The van der Waals surface area contributed by atoms with Crippen molar-refractivity contribution in [3.8, 4) is 0 Å². The topological polar surface area (TPSA) is 64.7 Å². The molecule has 0 aliphatic carbocycles. The zero-order chi connectivity index (χ0) is 13.7. The molecular formula is C13H24N4O2. The molecule has 2 fully saturated rings. The number of likely N-dealkylation sites (tertiary alicyclic amines) is 1. The average molecular weight is 268 g/mol. The molecule has 2 saturated heterocycles. The summed E-state index contributed by atoms with van der Waals surface area (Å²) in [7, 11) is 0. The second-order valence-corrected chi connectivity index (χ2v) is 5.25. The van der Waals surface area contributed by atoms with Crippen molar-refractivity contribution in [1.82, 2.24) is 20.4 Å². The second kappa shape index (κ2) is 6.86. The van der Waals surface area contributed by atoms with Gasteiger partial charge in [-0.2, -0.15) is 0 Å². The molecule has 0 spiro atoms. The quantitative estimate of drug-likeness (QED) is 0.678. The molecule has 2 aliphatic rings. The molecular weight excluding hydrogens is 244 g/mol. The highest BCUT2D eigenvalue weighted by Gasteiger charge is 2.30. The van der Waals surface area contributed by atoms with Gasteiger partial charge in [-0.05, 0) is 19.9 Å². The zero-order valence-electron chi connectivity index (χ0n) is 11.7. The highest BCUT2D eigenvalue weighted by Crippen LogP contribution is 2.16. The third-order valence-corrected chi connectivity index (χ3v) is 3.82. The molecule has 0 radical (unpaired) electrons. The van der Waals surface area contributed by atoms with Crippen LogP contribution in [0.25, 0.3) is 0 Å². The van der Waals surface area contributed by atoms with E-state index in [9.17, 15) is 9.59 Å². The lowest BCUT2D eigenvalue weighted by Crippen LogP contribution is -2.49. The first-order valence-electron chi connectivity index (χ1n) is 7.19. The fourth-order valence-corrected chi connectivity index (χ4v) is 2.71. The lowest BCUT2D eigenvalue weighted by atomic mass is 10.1. The fourth-order valence-electron chi connectivity index (χ4n) is 2.71. The molecule has 2 N–H and O–H groups in total. The molecule has 2 aliphatic heterocycles. The average Bonchev–Trinajstić information content (AvgIpc) is 2.88. The third-order valence-electron chi connectivity index (χ3n) is 3.82. The van der Waals surface area contributed by atoms with Crippen molar-refractivity contribution < 1.29 is 9.59 Å². The Balaban J connectivity index is 1.75. The van der Waals surface area contributed by atoms with Crippen LogP contribution in [0.5, 0.6) is 0 Å². The van der Waals surface area contributed by atoms with Crippen LogP contribution in [0.4, 0.5) is 0 Å². The number of hydrogen-bond donors (Lipinski definition) is 2. The summed E-state index contributed by atoms with van der Waals surface area (Å²) in [4.78, 5) is 27.9. The van der Waals surface area contributed by atoms with E-state index in [2.05, 4.69) is 15.5 Å². The van der Waals surface area contributed by atoms with Gasteiger partial charge >= 0.3 is 0 Å². The van der Waals surface area contributed by atoms with Gasteiger partial charge in [0.05, 0.1) is 12.5 Å². The van der Waals surface area contributed by atoms with E-state index < -0.39 is 0 Å². The molecule has 0 bridgehead atoms. The third kappa shape index (κ3) is 3.91. The number of nitrogens with zero attached hydrogens (tertiary/aromatic N) is 2. The van der Waals surface area contributed by atoms with Crippen LogP contribution in [-0.2, 0) is 9.59 Å². The maximum atomic E-state index is 12.1. The Morgan fingerprint density at radius 2 is 2.00 bits per heavy atom. The highest BCUT2D eigenvalue weighted by atomic mass is 16.2. The molecule has 2 rings (SSSR count). The SMILES string of the molecule is CCNC(=O)C1CCN(CC(=O)N2CCNCC2)C1. The molecule has 6 heteroatoms. The van der Waals surface area contributed by atoms with Gasteiger partial charge in [-0.3, -0.25) is 14.5 Å². The van der Waals surface area contributed by atoms with Gasteiger partial charge in [0.1, 0.15) is 0 Å². The number of carbonyl (C=O) groups is 2. The number of carbonyl (C=O) groups excluding carboxylic acids is 2. The van der Waals surface area contributed by atoms with Gasteiger partial charge in [0.2, 0.25) is 11.8 Å². The summed E-state index contributed by atoms with van der Waals surface area (Å²) in [6.45, 7) is 7.98. The predicted molar refractivity (Wildman–Crippen MR) is 72.7 cm³/mol. The van der Waals surface area contributed by atoms with Crippen molar-refractivity contribution in [3.05, 3.63) is 0 Å². The van der Waals surface area contributed by atoms with E-state index >= 15 is 0 Å². The van der Waals surface area contributed by atoms with Gasteiger partial charge in [-0.25, -0.2) is 0 Å². The van der Waals surface area contributed by atoms with Crippen LogP contribution in [0.2, 0.25) is 0 Å². The Hall–Kier alpha value is -1.14. The molecule has 6 nitrogen and oxygen atoms in total. The van der Waals surface area contributed by atoms with Crippen molar-refractivity contribution in [2.75, 3.05) is 52.4 Å². The highest BCUT2D eigenvalue weighted by molar-refractivity contribution is 5.80. The molecule has 0 saturated carbocycles. The van der Waals surface area contributed by atoms with Crippen molar-refractivity contribution in [1.29, 1.82) is 0 Å². The molecule has 0 aromatic rings. The Morgan fingerprint density at radius 3 is 2.68 bits per heavy atom. The standard InChI is InChI=1S/C13H24N4O2/c1-2-15-13(19)11-3-6-16(9-11)10-12(18)17-7-4-14-5-8-17/h11,14H,2-10H2,1H3,(H,15,19).